The van der Waals surface area contributed by atoms with Crippen molar-refractivity contribution in [2.24, 2.45) is 5.92 Å². The molecule has 0 N–H and O–H groups in total. The van der Waals surface area contributed by atoms with Gasteiger partial charge in [0.25, 0.3) is 0 Å². The smallest absolute Gasteiger partial charge is 0.307 e. The summed E-state index contributed by atoms with van der Waals surface area (Å²) >= 11 is 2.23. The minimum atomic E-state index is -0.194. The number of ketones is 1. The maximum Gasteiger partial charge on any atom is 0.307 e. The Bertz CT molecular complexity index is 493. The Balaban J connectivity index is 1.56. The van der Waals surface area contributed by atoms with Crippen molar-refractivity contribution in [1.29, 1.82) is 0 Å². The Kier molecular flexibility index (Phi) is 8.02. The van der Waals surface area contributed by atoms with Gasteiger partial charge in [-0.3, -0.25) is 9.59 Å². The molecule has 2 rings (SSSR count). The second-order valence-electron chi connectivity index (χ2n) is 5.97. The maximum absolute atomic E-state index is 11.8. The average Bonchev–Trinajstić information content (AvgIpc) is 2.56. The second-order valence-corrected chi connectivity index (χ2v) is 7.73. The van der Waals surface area contributed by atoms with Gasteiger partial charge in [0.05, 0.1) is 13.0 Å². The minimum absolute atomic E-state index is 0.112. The van der Waals surface area contributed by atoms with E-state index in [4.69, 9.17) is 9.47 Å². The average molecular weight is 430 g/mol. The summed E-state index contributed by atoms with van der Waals surface area (Å²) in [5.74, 6) is 0.663. The van der Waals surface area contributed by atoms with Crippen molar-refractivity contribution < 1.29 is 19.1 Å². The van der Waals surface area contributed by atoms with Crippen LogP contribution in [-0.2, 0) is 25.7 Å². The lowest BCUT2D eigenvalue weighted by atomic mass is 9.89. The van der Waals surface area contributed by atoms with Gasteiger partial charge in [-0.15, -0.1) is 0 Å². The van der Waals surface area contributed by atoms with E-state index in [0.717, 1.165) is 18.4 Å². The van der Waals surface area contributed by atoms with E-state index in [0.29, 0.717) is 50.8 Å². The number of rotatable bonds is 8. The van der Waals surface area contributed by atoms with Gasteiger partial charge in [-0.2, -0.15) is 0 Å². The first-order valence-corrected chi connectivity index (χ1v) is 9.31. The summed E-state index contributed by atoms with van der Waals surface area (Å²) in [7, 11) is 0. The summed E-state index contributed by atoms with van der Waals surface area (Å²) in [6.07, 6.45) is 3.60. The van der Waals surface area contributed by atoms with Gasteiger partial charge in [0, 0.05) is 23.4 Å². The number of hydrogen-bond donors (Lipinski definition) is 0. The van der Waals surface area contributed by atoms with E-state index in [1.54, 1.807) is 0 Å². The maximum atomic E-state index is 11.8. The van der Waals surface area contributed by atoms with Crippen LogP contribution in [0.25, 0.3) is 0 Å². The summed E-state index contributed by atoms with van der Waals surface area (Å²) in [6.45, 7) is 1.55. The third kappa shape index (κ3) is 7.44. The Hall–Kier alpha value is -0.950. The highest BCUT2D eigenvalue weighted by Gasteiger charge is 2.19. The number of carbonyl (C=O) groups excluding carboxylic acids is 2. The van der Waals surface area contributed by atoms with Crippen LogP contribution in [0.3, 0.4) is 0 Å². The predicted molar refractivity (Wildman–Crippen MR) is 96.4 cm³/mol. The van der Waals surface area contributed by atoms with E-state index in [-0.39, 0.29) is 9.89 Å². The fourth-order valence-corrected chi connectivity index (χ4v) is 3.18. The lowest BCUT2D eigenvalue weighted by Crippen LogP contribution is -2.21. The minimum Gasteiger partial charge on any atom is -0.461 e. The molecular weight excluding hydrogens is 407 g/mol. The van der Waals surface area contributed by atoms with Crippen LogP contribution in [0, 0.1) is 5.92 Å². The number of ether oxygens (including phenoxy) is 2. The third-order valence-electron chi connectivity index (χ3n) is 3.95. The van der Waals surface area contributed by atoms with Gasteiger partial charge >= 0.3 is 5.97 Å². The molecule has 1 fully saturated rings. The van der Waals surface area contributed by atoms with Crippen molar-refractivity contribution in [3.05, 3.63) is 35.9 Å². The number of alkyl halides is 1. The van der Waals surface area contributed by atoms with E-state index in [1.807, 2.05) is 30.3 Å². The van der Waals surface area contributed by atoms with Crippen LogP contribution >= 0.6 is 22.6 Å². The number of esters is 1. The van der Waals surface area contributed by atoms with Crippen molar-refractivity contribution in [3.63, 3.8) is 0 Å². The molecule has 5 heteroatoms. The molecule has 0 amide bonds. The zero-order chi connectivity index (χ0) is 16.5. The highest BCUT2D eigenvalue weighted by molar-refractivity contribution is 14.1. The fraction of sp³-hybridized carbons (Fsp3) is 0.556. The van der Waals surface area contributed by atoms with Crippen molar-refractivity contribution in [2.45, 2.75) is 42.6 Å². The van der Waals surface area contributed by atoms with Crippen LogP contribution in [0.5, 0.6) is 0 Å². The first kappa shape index (κ1) is 18.4. The van der Waals surface area contributed by atoms with Crippen molar-refractivity contribution in [2.75, 3.05) is 13.2 Å². The molecule has 1 saturated carbocycles. The van der Waals surface area contributed by atoms with E-state index in [1.165, 1.54) is 0 Å². The normalized spacial score (nSPS) is 17.0. The highest BCUT2D eigenvalue weighted by Crippen LogP contribution is 2.22. The molecule has 1 aliphatic carbocycles. The van der Waals surface area contributed by atoms with Crippen LogP contribution in [0.1, 0.15) is 37.7 Å². The number of carbonyl (C=O) groups is 2. The number of hydrogen-bond acceptors (Lipinski definition) is 4. The van der Waals surface area contributed by atoms with Crippen molar-refractivity contribution in [1.82, 2.24) is 0 Å². The molecule has 0 aromatic heterocycles. The zero-order valence-corrected chi connectivity index (χ0v) is 15.4. The summed E-state index contributed by atoms with van der Waals surface area (Å²) in [5, 5.41) is 0. The SMILES string of the molecule is O=C1CCC(COCC(I)CC(=O)OCc2ccccc2)CC1. The molecule has 1 unspecified atom stereocenters. The topological polar surface area (TPSA) is 52.6 Å². The molecule has 0 aliphatic heterocycles. The molecule has 0 bridgehead atoms. The molecule has 23 heavy (non-hydrogen) atoms. The number of Topliss-reactive ketones (excluding diaryl/α,β-unsaturated/α-hetero) is 1. The molecule has 4 nitrogen and oxygen atoms in total. The van der Waals surface area contributed by atoms with Gasteiger partial charge in [-0.05, 0) is 24.3 Å². The van der Waals surface area contributed by atoms with Crippen LogP contribution in [0.15, 0.2) is 30.3 Å². The summed E-state index contributed by atoms with van der Waals surface area (Å²) in [5.41, 5.74) is 0.994. The number of halogens is 1. The molecule has 1 aromatic carbocycles. The lowest BCUT2D eigenvalue weighted by molar-refractivity contribution is -0.145. The second kappa shape index (κ2) is 10.0. The largest absolute Gasteiger partial charge is 0.461 e. The van der Waals surface area contributed by atoms with Crippen LogP contribution in [0.2, 0.25) is 0 Å². The molecule has 0 heterocycles. The Morgan fingerprint density at radius 2 is 1.91 bits per heavy atom. The zero-order valence-electron chi connectivity index (χ0n) is 13.2. The van der Waals surface area contributed by atoms with Crippen LogP contribution in [-0.4, -0.2) is 28.9 Å². The molecule has 1 aromatic rings. The van der Waals surface area contributed by atoms with E-state index in [9.17, 15) is 9.59 Å². The van der Waals surface area contributed by atoms with Crippen molar-refractivity contribution in [3.8, 4) is 0 Å². The van der Waals surface area contributed by atoms with Crippen molar-refractivity contribution >= 4 is 34.3 Å². The van der Waals surface area contributed by atoms with Gasteiger partial charge in [0.1, 0.15) is 12.4 Å². The molecular formula is C18H23IO4. The molecule has 0 radical (unpaired) electrons. The molecule has 126 valence electrons. The van der Waals surface area contributed by atoms with Gasteiger partial charge in [-0.25, -0.2) is 0 Å². The first-order valence-electron chi connectivity index (χ1n) is 8.06. The van der Waals surface area contributed by atoms with Crippen LogP contribution < -0.4 is 0 Å². The first-order chi connectivity index (χ1) is 11.1. The van der Waals surface area contributed by atoms with Gasteiger partial charge < -0.3 is 9.47 Å². The molecule has 0 spiro atoms. The quantitative estimate of drug-likeness (QED) is 0.359. The Labute approximate surface area is 151 Å². The molecule has 0 saturated heterocycles. The van der Waals surface area contributed by atoms with Gasteiger partial charge in [0.15, 0.2) is 0 Å². The predicted octanol–water partition coefficient (Wildman–Crippen LogP) is 3.70. The summed E-state index contributed by atoms with van der Waals surface area (Å²) in [6, 6.07) is 9.67. The number of benzene rings is 1. The van der Waals surface area contributed by atoms with E-state index < -0.39 is 0 Å². The van der Waals surface area contributed by atoms with Gasteiger partial charge in [-0.1, -0.05) is 52.9 Å². The monoisotopic (exact) mass is 430 g/mol. The standard InChI is InChI=1S/C18H23IO4/c19-16(13-22-11-15-6-8-17(20)9-7-15)10-18(21)23-12-14-4-2-1-3-5-14/h1-5,15-16H,6-13H2. The molecule has 1 aliphatic rings. The lowest BCUT2D eigenvalue weighted by Gasteiger charge is -2.21. The Morgan fingerprint density at radius 3 is 2.61 bits per heavy atom. The summed E-state index contributed by atoms with van der Waals surface area (Å²) in [4.78, 5) is 23.0. The molecule has 1 atom stereocenters. The highest BCUT2D eigenvalue weighted by atomic mass is 127. The van der Waals surface area contributed by atoms with E-state index >= 15 is 0 Å². The summed E-state index contributed by atoms with van der Waals surface area (Å²) < 4.78 is 11.1. The fourth-order valence-electron chi connectivity index (χ4n) is 2.57. The van der Waals surface area contributed by atoms with Crippen LogP contribution in [0.4, 0.5) is 0 Å². The van der Waals surface area contributed by atoms with E-state index in [2.05, 4.69) is 22.6 Å². The van der Waals surface area contributed by atoms with Gasteiger partial charge in [0.2, 0.25) is 0 Å². The Morgan fingerprint density at radius 1 is 1.22 bits per heavy atom. The third-order valence-corrected chi connectivity index (χ3v) is 4.75.